The molecule has 1 aliphatic heterocycles. The number of methoxy groups -OCH3 is 1. The molecule has 5 heteroatoms. The van der Waals surface area contributed by atoms with Crippen molar-refractivity contribution in [3.05, 3.63) is 41.1 Å². The lowest BCUT2D eigenvalue weighted by atomic mass is 9.83. The van der Waals surface area contributed by atoms with E-state index in [-0.39, 0.29) is 5.73 Å². The van der Waals surface area contributed by atoms with E-state index in [1.54, 1.807) is 14.0 Å². The number of hydrogen-bond donors (Lipinski definition) is 0. The van der Waals surface area contributed by atoms with E-state index in [2.05, 4.69) is 0 Å². The first kappa shape index (κ1) is 17.0. The van der Waals surface area contributed by atoms with Crippen molar-refractivity contribution in [1.82, 2.24) is 0 Å². The van der Waals surface area contributed by atoms with Gasteiger partial charge in [0.15, 0.2) is 0 Å². The van der Waals surface area contributed by atoms with Gasteiger partial charge in [0.1, 0.15) is 11.5 Å². The van der Waals surface area contributed by atoms with Crippen molar-refractivity contribution in [2.45, 2.75) is 52.2 Å². The molecule has 1 fully saturated rings. The second kappa shape index (κ2) is 6.05. The van der Waals surface area contributed by atoms with E-state index in [1.807, 2.05) is 52.0 Å². The van der Waals surface area contributed by atoms with Crippen molar-refractivity contribution in [2.24, 2.45) is 0 Å². The fourth-order valence-corrected chi connectivity index (χ4v) is 2.28. The fraction of sp³-hybridized carbons (Fsp3) is 0.529. The number of allylic oxidation sites excluding steroid dienone is 1. The van der Waals surface area contributed by atoms with Gasteiger partial charge in [0, 0.05) is 0 Å². The Morgan fingerprint density at radius 1 is 1.09 bits per heavy atom. The fourth-order valence-electron chi connectivity index (χ4n) is 2.28. The summed E-state index contributed by atoms with van der Waals surface area (Å²) in [6, 6.07) is 7.60. The summed E-state index contributed by atoms with van der Waals surface area (Å²) in [4.78, 5) is 0. The normalized spacial score (nSPS) is 20.8. The standard InChI is InChI=1S/C17H24BFO3/c1-12(11-13-7-9-14(20-6)10-8-13)15(19)18-21-16(2,3)17(4,5)22-18/h7-10H,11H2,1-6H3. The minimum absolute atomic E-state index is 0.338. The first-order chi connectivity index (χ1) is 10.2. The Morgan fingerprint density at radius 3 is 2.05 bits per heavy atom. The average Bonchev–Trinajstić information content (AvgIpc) is 2.67. The summed E-state index contributed by atoms with van der Waals surface area (Å²) < 4.78 is 31.2. The van der Waals surface area contributed by atoms with Crippen LogP contribution in [0.3, 0.4) is 0 Å². The minimum atomic E-state index is -0.928. The molecule has 3 nitrogen and oxygen atoms in total. The monoisotopic (exact) mass is 306 g/mol. The molecule has 0 aliphatic carbocycles. The van der Waals surface area contributed by atoms with Gasteiger partial charge >= 0.3 is 7.12 Å². The lowest BCUT2D eigenvalue weighted by Gasteiger charge is -2.32. The zero-order chi connectivity index (χ0) is 16.5. The Hall–Kier alpha value is -1.33. The van der Waals surface area contributed by atoms with E-state index in [1.165, 1.54) is 0 Å². The highest BCUT2D eigenvalue weighted by Gasteiger charge is 2.53. The Balaban J connectivity index is 2.12. The zero-order valence-electron chi connectivity index (χ0n) is 14.2. The summed E-state index contributed by atoms with van der Waals surface area (Å²) in [6.07, 6.45) is 0.514. The smallest absolute Gasteiger partial charge is 0.497 e. The molecule has 1 heterocycles. The van der Waals surface area contributed by atoms with Crippen molar-refractivity contribution in [3.8, 4) is 5.75 Å². The number of rotatable bonds is 4. The summed E-state index contributed by atoms with van der Waals surface area (Å²) in [6.45, 7) is 9.43. The maximum absolute atomic E-state index is 14.6. The molecule has 1 saturated heterocycles. The lowest BCUT2D eigenvalue weighted by molar-refractivity contribution is 0.00578. The van der Waals surface area contributed by atoms with E-state index in [0.717, 1.165) is 11.3 Å². The Bertz CT molecular complexity index is 548. The van der Waals surface area contributed by atoms with Gasteiger partial charge in [-0.25, -0.2) is 4.39 Å². The Labute approximate surface area is 132 Å². The van der Waals surface area contributed by atoms with Crippen LogP contribution in [0.25, 0.3) is 0 Å². The highest BCUT2D eigenvalue weighted by atomic mass is 19.1. The van der Waals surface area contributed by atoms with Crippen molar-refractivity contribution < 1.29 is 18.4 Å². The number of benzene rings is 1. The van der Waals surface area contributed by atoms with E-state index in [9.17, 15) is 4.39 Å². The van der Waals surface area contributed by atoms with Gasteiger partial charge in [-0.3, -0.25) is 0 Å². The van der Waals surface area contributed by atoms with Crippen molar-refractivity contribution in [3.63, 3.8) is 0 Å². The van der Waals surface area contributed by atoms with Gasteiger partial charge in [0.2, 0.25) is 0 Å². The van der Waals surface area contributed by atoms with Crippen molar-refractivity contribution in [2.75, 3.05) is 7.11 Å². The van der Waals surface area contributed by atoms with Crippen LogP contribution in [-0.2, 0) is 15.7 Å². The number of hydrogen-bond acceptors (Lipinski definition) is 3. The largest absolute Gasteiger partial charge is 0.525 e. The van der Waals surface area contributed by atoms with E-state index < -0.39 is 18.3 Å². The maximum Gasteiger partial charge on any atom is 0.525 e. The summed E-state index contributed by atoms with van der Waals surface area (Å²) in [5.41, 5.74) is 0.230. The second-order valence-corrected chi connectivity index (χ2v) is 6.74. The third-order valence-corrected chi connectivity index (χ3v) is 4.50. The molecule has 2 rings (SSSR count). The maximum atomic E-state index is 14.6. The highest BCUT2D eigenvalue weighted by molar-refractivity contribution is 6.53. The van der Waals surface area contributed by atoms with Gasteiger partial charge in [-0.2, -0.15) is 0 Å². The predicted molar refractivity (Wildman–Crippen MR) is 86.6 cm³/mol. The summed E-state index contributed by atoms with van der Waals surface area (Å²) >= 11 is 0. The van der Waals surface area contributed by atoms with E-state index >= 15 is 0 Å². The first-order valence-electron chi connectivity index (χ1n) is 7.50. The van der Waals surface area contributed by atoms with Crippen LogP contribution in [0.4, 0.5) is 4.39 Å². The molecule has 1 aromatic rings. The third-order valence-electron chi connectivity index (χ3n) is 4.50. The van der Waals surface area contributed by atoms with E-state index in [0.29, 0.717) is 12.0 Å². The molecule has 0 radical (unpaired) electrons. The molecule has 0 spiro atoms. The molecule has 1 aromatic carbocycles. The average molecular weight is 306 g/mol. The molecule has 0 bridgehead atoms. The topological polar surface area (TPSA) is 27.7 Å². The molecule has 0 aromatic heterocycles. The molecular weight excluding hydrogens is 282 g/mol. The van der Waals surface area contributed by atoms with Gasteiger partial charge in [0.25, 0.3) is 0 Å². The van der Waals surface area contributed by atoms with Crippen LogP contribution in [0.2, 0.25) is 0 Å². The molecule has 22 heavy (non-hydrogen) atoms. The molecule has 0 saturated carbocycles. The van der Waals surface area contributed by atoms with Crippen LogP contribution in [0.15, 0.2) is 35.6 Å². The summed E-state index contributed by atoms with van der Waals surface area (Å²) in [5.74, 6) is 0.789. The molecule has 0 N–H and O–H groups in total. The number of ether oxygens (including phenoxy) is 1. The number of halogens is 1. The highest BCUT2D eigenvalue weighted by Crippen LogP contribution is 2.39. The van der Waals surface area contributed by atoms with Gasteiger partial charge in [0.05, 0.1) is 18.3 Å². The summed E-state index contributed by atoms with van der Waals surface area (Å²) in [7, 11) is 0.696. The molecule has 1 aliphatic rings. The summed E-state index contributed by atoms with van der Waals surface area (Å²) in [5, 5.41) is 0. The van der Waals surface area contributed by atoms with Crippen LogP contribution < -0.4 is 4.74 Å². The van der Waals surface area contributed by atoms with Crippen LogP contribution in [-0.4, -0.2) is 25.4 Å². The molecule has 120 valence electrons. The van der Waals surface area contributed by atoms with Crippen LogP contribution in [0.5, 0.6) is 5.75 Å². The SMILES string of the molecule is COc1ccc(CC(C)=C(F)B2OC(C)(C)C(C)(C)O2)cc1. The second-order valence-electron chi connectivity index (χ2n) is 6.74. The van der Waals surface area contributed by atoms with Crippen LogP contribution in [0, 0.1) is 0 Å². The first-order valence-corrected chi connectivity index (χ1v) is 7.50. The van der Waals surface area contributed by atoms with Crippen LogP contribution >= 0.6 is 0 Å². The Kier molecular flexibility index (Phi) is 4.69. The molecule has 0 amide bonds. The van der Waals surface area contributed by atoms with Gasteiger partial charge in [-0.05, 0) is 64.3 Å². The lowest BCUT2D eigenvalue weighted by Crippen LogP contribution is -2.41. The predicted octanol–water partition coefficient (Wildman–Crippen LogP) is 4.11. The van der Waals surface area contributed by atoms with Crippen molar-refractivity contribution in [1.29, 1.82) is 0 Å². The van der Waals surface area contributed by atoms with Gasteiger partial charge < -0.3 is 14.0 Å². The zero-order valence-corrected chi connectivity index (χ0v) is 14.2. The minimum Gasteiger partial charge on any atom is -0.497 e. The van der Waals surface area contributed by atoms with Crippen molar-refractivity contribution >= 4 is 7.12 Å². The third kappa shape index (κ3) is 3.36. The van der Waals surface area contributed by atoms with Gasteiger partial charge in [-0.15, -0.1) is 0 Å². The quantitative estimate of drug-likeness (QED) is 0.783. The Morgan fingerprint density at radius 2 is 1.59 bits per heavy atom. The molecular formula is C17H24BFO3. The van der Waals surface area contributed by atoms with E-state index in [4.69, 9.17) is 14.0 Å². The molecule has 0 unspecified atom stereocenters. The molecule has 0 atom stereocenters. The van der Waals surface area contributed by atoms with Crippen LogP contribution in [0.1, 0.15) is 40.2 Å². The van der Waals surface area contributed by atoms with Gasteiger partial charge in [-0.1, -0.05) is 12.1 Å².